The molecule has 0 fully saturated rings. The van der Waals surface area contributed by atoms with E-state index in [4.69, 9.17) is 28.4 Å². The zero-order valence-electron chi connectivity index (χ0n) is 19.0. The van der Waals surface area contributed by atoms with Crippen LogP contribution in [0.3, 0.4) is 0 Å². The Kier molecular flexibility index (Phi) is 5.56. The molecule has 0 spiro atoms. The molecule has 34 heavy (non-hydrogen) atoms. The number of hydrogen-bond acceptors (Lipinski definition) is 8. The molecule has 2 aromatic carbocycles. The van der Waals surface area contributed by atoms with Crippen LogP contribution in [0.25, 0.3) is 0 Å². The summed E-state index contributed by atoms with van der Waals surface area (Å²) < 4.78 is 33.0. The number of hydrogen-bond donors (Lipinski definition) is 1. The van der Waals surface area contributed by atoms with Crippen LogP contribution in [-0.4, -0.2) is 46.2 Å². The van der Waals surface area contributed by atoms with E-state index in [9.17, 15) is 9.59 Å². The predicted octanol–water partition coefficient (Wildman–Crippen LogP) is 3.30. The molecule has 1 N–H and O–H groups in total. The van der Waals surface area contributed by atoms with Gasteiger partial charge in [-0.2, -0.15) is 0 Å². The minimum absolute atomic E-state index is 0.0583. The Morgan fingerprint density at radius 2 is 1.82 bits per heavy atom. The normalized spacial score (nSPS) is 18.9. The Morgan fingerprint density at radius 3 is 2.59 bits per heavy atom. The molecule has 0 aromatic heterocycles. The summed E-state index contributed by atoms with van der Waals surface area (Å²) in [7, 11) is 2.81. The number of methoxy groups -OCH3 is 2. The van der Waals surface area contributed by atoms with E-state index in [-0.39, 0.29) is 12.4 Å². The summed E-state index contributed by atoms with van der Waals surface area (Å²) in [5.74, 6) is 1.96. The molecule has 178 valence electrons. The maximum Gasteiger partial charge on any atom is 0.337 e. The molecule has 3 aliphatic rings. The lowest BCUT2D eigenvalue weighted by atomic mass is 9.94. The minimum Gasteiger partial charge on any atom is -0.493 e. The largest absolute Gasteiger partial charge is 0.493 e. The molecule has 1 atom stereocenters. The van der Waals surface area contributed by atoms with Gasteiger partial charge in [-0.05, 0) is 36.8 Å². The lowest BCUT2D eigenvalue weighted by Gasteiger charge is -2.35. The first-order valence-electron chi connectivity index (χ1n) is 10.8. The molecular formula is C24H24N2O8. The lowest BCUT2D eigenvalue weighted by Crippen LogP contribution is -2.48. The molecule has 3 aliphatic heterocycles. The fourth-order valence-electron chi connectivity index (χ4n) is 4.29. The van der Waals surface area contributed by atoms with Crippen molar-refractivity contribution in [1.29, 1.82) is 0 Å². The van der Waals surface area contributed by atoms with Crippen molar-refractivity contribution in [2.24, 2.45) is 0 Å². The summed E-state index contributed by atoms with van der Waals surface area (Å²) in [6, 6.07) is 7.44. The van der Waals surface area contributed by atoms with Gasteiger partial charge in [0, 0.05) is 18.2 Å². The molecule has 2 amide bonds. The molecule has 10 nitrogen and oxygen atoms in total. The Morgan fingerprint density at radius 1 is 1.03 bits per heavy atom. The van der Waals surface area contributed by atoms with E-state index in [2.05, 4.69) is 5.32 Å². The number of esters is 1. The lowest BCUT2D eigenvalue weighted by molar-refractivity contribution is -0.136. The van der Waals surface area contributed by atoms with Crippen molar-refractivity contribution in [2.45, 2.75) is 19.4 Å². The number of fused-ring (bicyclic) bond motifs is 2. The predicted molar refractivity (Wildman–Crippen MR) is 120 cm³/mol. The average molecular weight is 468 g/mol. The van der Waals surface area contributed by atoms with E-state index in [0.717, 1.165) is 6.42 Å². The molecule has 3 heterocycles. The molecule has 0 saturated heterocycles. The molecule has 0 aliphatic carbocycles. The summed E-state index contributed by atoms with van der Waals surface area (Å²) in [5.41, 5.74) is 1.82. The molecule has 2 aromatic rings. The van der Waals surface area contributed by atoms with Crippen LogP contribution in [0.4, 0.5) is 10.5 Å². The number of allylic oxidation sites excluding steroid dienone is 1. The van der Waals surface area contributed by atoms with Crippen molar-refractivity contribution in [3.05, 3.63) is 47.2 Å². The van der Waals surface area contributed by atoms with Crippen LogP contribution in [0.2, 0.25) is 0 Å². The van der Waals surface area contributed by atoms with Crippen LogP contribution < -0.4 is 33.9 Å². The van der Waals surface area contributed by atoms with Crippen LogP contribution >= 0.6 is 0 Å². The third-order valence-electron chi connectivity index (χ3n) is 5.89. The average Bonchev–Trinajstić information content (AvgIpc) is 3.20. The highest BCUT2D eigenvalue weighted by Gasteiger charge is 2.38. The number of ether oxygens (including phenoxy) is 6. The van der Waals surface area contributed by atoms with Crippen LogP contribution in [0.15, 0.2) is 41.6 Å². The number of anilines is 1. The molecule has 0 bridgehead atoms. The standard InChI is InChI=1S/C24H24N2O8/c1-13-20(23(27)30-3)21(14-9-18(29-2)22-19(10-14)33-12-34-22)25-24(28)26(13)15-5-6-16-17(11-15)32-8-4-7-31-16/h5-6,9-11,21H,4,7-8,12H2,1-3H3,(H,25,28)/t21-/m0/s1. The van der Waals surface area contributed by atoms with E-state index in [1.807, 2.05) is 0 Å². The van der Waals surface area contributed by atoms with Crippen molar-refractivity contribution in [3.63, 3.8) is 0 Å². The molecule has 0 saturated carbocycles. The Balaban J connectivity index is 1.59. The number of amides is 2. The Hall–Kier alpha value is -4.08. The van der Waals surface area contributed by atoms with Gasteiger partial charge in [-0.1, -0.05) is 0 Å². The van der Waals surface area contributed by atoms with Crippen LogP contribution in [-0.2, 0) is 9.53 Å². The molecular weight excluding hydrogens is 444 g/mol. The third kappa shape index (κ3) is 3.60. The van der Waals surface area contributed by atoms with Gasteiger partial charge in [-0.25, -0.2) is 9.59 Å². The number of benzene rings is 2. The summed E-state index contributed by atoms with van der Waals surface area (Å²) in [4.78, 5) is 27.7. The number of nitrogens with one attached hydrogen (secondary N) is 1. The van der Waals surface area contributed by atoms with Gasteiger partial charge in [0.2, 0.25) is 12.5 Å². The van der Waals surface area contributed by atoms with Gasteiger partial charge < -0.3 is 33.7 Å². The first-order valence-corrected chi connectivity index (χ1v) is 10.8. The summed E-state index contributed by atoms with van der Waals surface area (Å²) in [6.45, 7) is 2.83. The second kappa shape index (κ2) is 8.69. The van der Waals surface area contributed by atoms with Crippen molar-refractivity contribution in [1.82, 2.24) is 5.32 Å². The Bertz CT molecular complexity index is 1190. The summed E-state index contributed by atoms with van der Waals surface area (Å²) >= 11 is 0. The highest BCUT2D eigenvalue weighted by molar-refractivity contribution is 6.03. The van der Waals surface area contributed by atoms with Gasteiger partial charge in [0.25, 0.3) is 0 Å². The number of rotatable bonds is 4. The number of carbonyl (C=O) groups excluding carboxylic acids is 2. The van der Waals surface area contributed by atoms with E-state index in [1.54, 1.807) is 37.3 Å². The van der Waals surface area contributed by atoms with Gasteiger partial charge in [0.15, 0.2) is 23.0 Å². The number of carbonyl (C=O) groups is 2. The van der Waals surface area contributed by atoms with Crippen molar-refractivity contribution >= 4 is 17.7 Å². The second-order valence-electron chi connectivity index (χ2n) is 7.85. The zero-order valence-corrected chi connectivity index (χ0v) is 19.0. The minimum atomic E-state index is -0.792. The van der Waals surface area contributed by atoms with Crippen molar-refractivity contribution in [3.8, 4) is 28.7 Å². The van der Waals surface area contributed by atoms with Gasteiger partial charge in [0.05, 0.1) is 44.7 Å². The van der Waals surface area contributed by atoms with Crippen molar-refractivity contribution < 1.29 is 38.0 Å². The second-order valence-corrected chi connectivity index (χ2v) is 7.85. The van der Waals surface area contributed by atoms with E-state index in [1.165, 1.54) is 19.1 Å². The summed E-state index contributed by atoms with van der Waals surface area (Å²) in [5, 5.41) is 2.92. The SMILES string of the molecule is COC(=O)C1=C(C)N(c2ccc3c(c2)OCCCO3)C(=O)N[C@H]1c1cc(OC)c2c(c1)OCO2. The fraction of sp³-hybridized carbons (Fsp3) is 0.333. The van der Waals surface area contributed by atoms with Crippen molar-refractivity contribution in [2.75, 3.05) is 39.1 Å². The molecule has 0 radical (unpaired) electrons. The zero-order chi connectivity index (χ0) is 23.8. The smallest absolute Gasteiger partial charge is 0.337 e. The first-order chi connectivity index (χ1) is 16.5. The van der Waals surface area contributed by atoms with E-state index >= 15 is 0 Å². The number of urea groups is 1. The monoisotopic (exact) mass is 468 g/mol. The maximum absolute atomic E-state index is 13.3. The summed E-state index contributed by atoms with van der Waals surface area (Å²) in [6.07, 6.45) is 0.764. The number of nitrogens with zero attached hydrogens (tertiary/aromatic N) is 1. The highest BCUT2D eigenvalue weighted by atomic mass is 16.7. The maximum atomic E-state index is 13.3. The van der Waals surface area contributed by atoms with E-state index < -0.39 is 18.0 Å². The van der Waals surface area contributed by atoms with Crippen LogP contribution in [0, 0.1) is 0 Å². The molecule has 10 heteroatoms. The fourth-order valence-corrected chi connectivity index (χ4v) is 4.29. The van der Waals surface area contributed by atoms with Gasteiger partial charge in [-0.15, -0.1) is 0 Å². The highest BCUT2D eigenvalue weighted by Crippen LogP contribution is 2.45. The van der Waals surface area contributed by atoms with E-state index in [0.29, 0.717) is 58.9 Å². The van der Waals surface area contributed by atoms with Gasteiger partial charge in [0.1, 0.15) is 0 Å². The third-order valence-corrected chi connectivity index (χ3v) is 5.89. The topological polar surface area (TPSA) is 105 Å². The van der Waals surface area contributed by atoms with Gasteiger partial charge >= 0.3 is 12.0 Å². The quantitative estimate of drug-likeness (QED) is 0.682. The molecule has 5 rings (SSSR count). The van der Waals surface area contributed by atoms with Gasteiger partial charge in [-0.3, -0.25) is 4.90 Å². The van der Waals surface area contributed by atoms with Crippen LogP contribution in [0.1, 0.15) is 24.9 Å². The molecule has 0 unspecified atom stereocenters. The first kappa shape index (κ1) is 21.7. The van der Waals surface area contributed by atoms with Crippen LogP contribution in [0.5, 0.6) is 28.7 Å². The Labute approximate surface area is 195 Å².